The van der Waals surface area contributed by atoms with Gasteiger partial charge < -0.3 is 0 Å². The zero-order valence-corrected chi connectivity index (χ0v) is 17.0. The summed E-state index contributed by atoms with van der Waals surface area (Å²) in [5.41, 5.74) is 1.38. The van der Waals surface area contributed by atoms with Gasteiger partial charge in [0.05, 0.1) is 16.1 Å². The summed E-state index contributed by atoms with van der Waals surface area (Å²) < 4.78 is 29.3. The van der Waals surface area contributed by atoms with Crippen molar-refractivity contribution >= 4 is 37.6 Å². The van der Waals surface area contributed by atoms with E-state index in [2.05, 4.69) is 14.8 Å². The van der Waals surface area contributed by atoms with Gasteiger partial charge in [0.15, 0.2) is 0 Å². The van der Waals surface area contributed by atoms with Crippen LogP contribution in [0.5, 0.6) is 0 Å². The maximum absolute atomic E-state index is 12.8. The predicted molar refractivity (Wildman–Crippen MR) is 117 cm³/mol. The van der Waals surface area contributed by atoms with Crippen molar-refractivity contribution in [2.24, 2.45) is 0 Å². The van der Waals surface area contributed by atoms with E-state index in [1.165, 1.54) is 18.2 Å². The highest BCUT2D eigenvalue weighted by molar-refractivity contribution is 7.90. The number of carbonyl (C=O) groups is 1. The number of sulfonamides is 1. The van der Waals surface area contributed by atoms with Gasteiger partial charge in [0.1, 0.15) is 5.69 Å². The number of benzene rings is 3. The molecule has 31 heavy (non-hydrogen) atoms. The van der Waals surface area contributed by atoms with Crippen LogP contribution in [0.4, 0.5) is 0 Å². The summed E-state index contributed by atoms with van der Waals surface area (Å²) in [4.78, 5) is 17.1. The van der Waals surface area contributed by atoms with Gasteiger partial charge in [-0.1, -0.05) is 36.4 Å². The molecule has 0 unspecified atom stereocenters. The molecule has 0 saturated carbocycles. The van der Waals surface area contributed by atoms with Gasteiger partial charge in [-0.15, -0.1) is 0 Å². The second-order valence-corrected chi connectivity index (χ2v) is 8.62. The Balaban J connectivity index is 1.46. The Morgan fingerprint density at radius 3 is 2.52 bits per heavy atom. The highest BCUT2D eigenvalue weighted by Gasteiger charge is 2.20. The largest absolute Gasteiger partial charge is 0.283 e. The monoisotopic (exact) mass is 428 g/mol. The maximum atomic E-state index is 12.8. The third-order valence-corrected chi connectivity index (χ3v) is 6.28. The minimum atomic E-state index is -4.05. The van der Waals surface area contributed by atoms with Crippen LogP contribution in [0.3, 0.4) is 0 Å². The van der Waals surface area contributed by atoms with Crippen LogP contribution < -0.4 is 4.72 Å². The fourth-order valence-electron chi connectivity index (χ4n) is 3.44. The van der Waals surface area contributed by atoms with Crippen molar-refractivity contribution in [3.05, 3.63) is 97.0 Å². The average Bonchev–Trinajstić information content (AvgIpc) is 3.32. The van der Waals surface area contributed by atoms with Crippen LogP contribution in [0.15, 0.2) is 96.2 Å². The molecule has 0 atom stereocenters. The second kappa shape index (κ2) is 7.33. The summed E-state index contributed by atoms with van der Waals surface area (Å²) >= 11 is 0. The Labute approximate surface area is 178 Å². The summed E-state index contributed by atoms with van der Waals surface area (Å²) in [5, 5.41) is 6.70. The summed E-state index contributed by atoms with van der Waals surface area (Å²) in [7, 11) is -4.05. The van der Waals surface area contributed by atoms with E-state index in [1.807, 2.05) is 42.6 Å². The number of amides is 1. The van der Waals surface area contributed by atoms with Crippen molar-refractivity contribution < 1.29 is 13.2 Å². The lowest BCUT2D eigenvalue weighted by Crippen LogP contribution is -2.31. The lowest BCUT2D eigenvalue weighted by atomic mass is 10.1. The quantitative estimate of drug-likeness (QED) is 0.471. The molecule has 5 rings (SSSR count). The van der Waals surface area contributed by atoms with Crippen molar-refractivity contribution in [2.75, 3.05) is 0 Å². The van der Waals surface area contributed by atoms with E-state index < -0.39 is 15.9 Å². The fourth-order valence-corrected chi connectivity index (χ4v) is 4.44. The van der Waals surface area contributed by atoms with Crippen LogP contribution in [-0.2, 0) is 10.0 Å². The number of aromatic nitrogens is 3. The normalized spacial score (nSPS) is 11.6. The van der Waals surface area contributed by atoms with E-state index >= 15 is 0 Å². The highest BCUT2D eigenvalue weighted by Crippen LogP contribution is 2.22. The van der Waals surface area contributed by atoms with E-state index in [4.69, 9.17) is 0 Å². The van der Waals surface area contributed by atoms with E-state index in [0.717, 1.165) is 21.8 Å². The number of rotatable bonds is 4. The van der Waals surface area contributed by atoms with Crippen LogP contribution >= 0.6 is 0 Å². The molecule has 5 aromatic rings. The Hall–Kier alpha value is -4.04. The van der Waals surface area contributed by atoms with Gasteiger partial charge in [-0.05, 0) is 53.2 Å². The van der Waals surface area contributed by atoms with Crippen molar-refractivity contribution in [3.63, 3.8) is 0 Å². The standard InChI is InChI=1S/C23H16N4O3S/c28-23(26-31(29,30)18-10-9-16-5-1-2-6-17(16)15-18)21-12-11-19-20(25-21)7-3-8-22(19)27-14-4-13-24-27/h1-15H,(H,26,28). The molecule has 1 N–H and O–H groups in total. The first-order valence-corrected chi connectivity index (χ1v) is 11.0. The summed E-state index contributed by atoms with van der Waals surface area (Å²) in [6.45, 7) is 0. The SMILES string of the molecule is O=C(NS(=O)(=O)c1ccc2ccccc2c1)c1ccc2c(-n3cccn3)cccc2n1. The number of nitrogens with one attached hydrogen (secondary N) is 1. The molecule has 0 aliphatic heterocycles. The van der Waals surface area contributed by atoms with Gasteiger partial charge >= 0.3 is 0 Å². The molecule has 0 aliphatic rings. The molecule has 7 nitrogen and oxygen atoms in total. The molecule has 0 aliphatic carbocycles. The van der Waals surface area contributed by atoms with Gasteiger partial charge in [0.25, 0.3) is 15.9 Å². The third-order valence-electron chi connectivity index (χ3n) is 4.95. The smallest absolute Gasteiger partial charge is 0.266 e. The predicted octanol–water partition coefficient (Wildman–Crippen LogP) is 3.69. The topological polar surface area (TPSA) is 94.0 Å². The molecule has 3 aromatic carbocycles. The van der Waals surface area contributed by atoms with Crippen molar-refractivity contribution in [1.29, 1.82) is 0 Å². The lowest BCUT2D eigenvalue weighted by molar-refractivity contribution is 0.0977. The molecule has 2 heterocycles. The number of carbonyl (C=O) groups excluding carboxylic acids is 1. The van der Waals surface area contributed by atoms with Gasteiger partial charge in [-0.2, -0.15) is 5.10 Å². The first-order chi connectivity index (χ1) is 15.0. The fraction of sp³-hybridized carbons (Fsp3) is 0. The maximum Gasteiger partial charge on any atom is 0.283 e. The molecule has 0 bridgehead atoms. The van der Waals surface area contributed by atoms with Crippen molar-refractivity contribution in [1.82, 2.24) is 19.5 Å². The second-order valence-electron chi connectivity index (χ2n) is 6.93. The zero-order valence-electron chi connectivity index (χ0n) is 16.1. The molecular weight excluding hydrogens is 412 g/mol. The van der Waals surface area contributed by atoms with E-state index in [-0.39, 0.29) is 10.6 Å². The van der Waals surface area contributed by atoms with Crippen molar-refractivity contribution in [2.45, 2.75) is 4.90 Å². The molecular formula is C23H16N4O3S. The number of fused-ring (bicyclic) bond motifs is 2. The minimum Gasteiger partial charge on any atom is -0.266 e. The summed E-state index contributed by atoms with van der Waals surface area (Å²) in [6.07, 6.45) is 3.48. The van der Waals surface area contributed by atoms with E-state index in [1.54, 1.807) is 35.1 Å². The third kappa shape index (κ3) is 3.53. The minimum absolute atomic E-state index is 0.00878. The Kier molecular flexibility index (Phi) is 4.48. The Morgan fingerprint density at radius 2 is 1.71 bits per heavy atom. The van der Waals surface area contributed by atoms with Gasteiger partial charge in [-0.3, -0.25) is 4.79 Å². The Morgan fingerprint density at radius 1 is 0.871 bits per heavy atom. The van der Waals surface area contributed by atoms with Crippen LogP contribution in [0.2, 0.25) is 0 Å². The van der Waals surface area contributed by atoms with Gasteiger partial charge in [0.2, 0.25) is 0 Å². The molecule has 0 radical (unpaired) electrons. The summed E-state index contributed by atoms with van der Waals surface area (Å²) in [6, 6.07) is 22.6. The van der Waals surface area contributed by atoms with Gasteiger partial charge in [0, 0.05) is 17.8 Å². The van der Waals surface area contributed by atoms with Crippen LogP contribution in [-0.4, -0.2) is 29.1 Å². The molecule has 0 spiro atoms. The van der Waals surface area contributed by atoms with Gasteiger partial charge in [-0.25, -0.2) is 22.8 Å². The number of nitrogens with zero attached hydrogens (tertiary/aromatic N) is 3. The molecule has 1 amide bonds. The first-order valence-electron chi connectivity index (χ1n) is 9.47. The highest BCUT2D eigenvalue weighted by atomic mass is 32.2. The zero-order chi connectivity index (χ0) is 21.4. The first kappa shape index (κ1) is 19.0. The lowest BCUT2D eigenvalue weighted by Gasteiger charge is -2.10. The van der Waals surface area contributed by atoms with Crippen molar-refractivity contribution in [3.8, 4) is 5.69 Å². The molecule has 8 heteroatoms. The van der Waals surface area contributed by atoms with E-state index in [0.29, 0.717) is 5.52 Å². The number of hydrogen-bond donors (Lipinski definition) is 1. The van der Waals surface area contributed by atoms with Crippen LogP contribution in [0, 0.1) is 0 Å². The number of hydrogen-bond acceptors (Lipinski definition) is 5. The Bertz CT molecular complexity index is 1540. The summed E-state index contributed by atoms with van der Waals surface area (Å²) in [5.74, 6) is -0.792. The molecule has 152 valence electrons. The van der Waals surface area contributed by atoms with Crippen LogP contribution in [0.25, 0.3) is 27.4 Å². The average molecular weight is 428 g/mol. The molecule has 0 saturated heterocycles. The number of pyridine rings is 1. The molecule has 0 fully saturated rings. The van der Waals surface area contributed by atoms with Crippen LogP contribution in [0.1, 0.15) is 10.5 Å². The van der Waals surface area contributed by atoms with E-state index in [9.17, 15) is 13.2 Å². The molecule has 2 aromatic heterocycles.